The van der Waals surface area contributed by atoms with Crippen LogP contribution in [0.3, 0.4) is 0 Å². The predicted molar refractivity (Wildman–Crippen MR) is 265 cm³/mol. The lowest BCUT2D eigenvalue weighted by Crippen LogP contribution is -2.29. The van der Waals surface area contributed by atoms with Crippen molar-refractivity contribution in [3.63, 3.8) is 0 Å². The maximum atomic E-state index is 12.8. The van der Waals surface area contributed by atoms with Crippen LogP contribution in [-0.2, 0) is 43.4 Å². The summed E-state index contributed by atoms with van der Waals surface area (Å²) in [5, 5.41) is 19.6. The lowest BCUT2D eigenvalue weighted by atomic mass is 9.68. The van der Waals surface area contributed by atoms with E-state index in [1.807, 2.05) is 0 Å². The molecule has 1 aliphatic rings. The fraction of sp³-hybridized carbons (Fsp3) is 0.193. The van der Waals surface area contributed by atoms with Crippen molar-refractivity contribution in [1.29, 1.82) is 0 Å². The number of carboxylic acid groups (broad SMARTS) is 2. The molecule has 366 valence electrons. The summed E-state index contributed by atoms with van der Waals surface area (Å²) in [5.74, 6) is -6.41. The van der Waals surface area contributed by atoms with Crippen LogP contribution in [0.1, 0.15) is 77.0 Å². The first-order chi connectivity index (χ1) is 34.3. The number of hydrogen-bond donors (Lipinski definition) is 2. The van der Waals surface area contributed by atoms with E-state index in [2.05, 4.69) is 127 Å². The van der Waals surface area contributed by atoms with Gasteiger partial charge in [0.2, 0.25) is 0 Å². The molecule has 14 heteroatoms. The van der Waals surface area contributed by atoms with E-state index in [0.717, 1.165) is 24.3 Å². The smallest absolute Gasteiger partial charge is 0.339 e. The van der Waals surface area contributed by atoms with Gasteiger partial charge in [0.25, 0.3) is 0 Å². The summed E-state index contributed by atoms with van der Waals surface area (Å²) in [6.07, 6.45) is 0.248. The monoisotopic (exact) mass is 962 g/mol. The molecule has 6 aromatic rings. The fourth-order valence-electron chi connectivity index (χ4n) is 7.99. The Bertz CT molecular complexity index is 2770. The fourth-order valence-corrected chi connectivity index (χ4v) is 7.99. The van der Waals surface area contributed by atoms with E-state index < -0.39 is 59.2 Å². The molecule has 0 radical (unpaired) electrons. The molecule has 71 heavy (non-hydrogen) atoms. The van der Waals surface area contributed by atoms with Crippen LogP contribution in [0.15, 0.2) is 171 Å². The number of methoxy groups -OCH3 is 2. The average Bonchev–Trinajstić information content (AvgIpc) is 3.70. The Morgan fingerprint density at radius 1 is 0.521 bits per heavy atom. The lowest BCUT2D eigenvalue weighted by molar-refractivity contribution is -0.142. The van der Waals surface area contributed by atoms with Crippen LogP contribution in [0.5, 0.6) is 0 Å². The van der Waals surface area contributed by atoms with Gasteiger partial charge in [-0.25, -0.2) is 28.8 Å². The molecule has 0 fully saturated rings. The molecular formula is C57H54O14. The van der Waals surface area contributed by atoms with Crippen molar-refractivity contribution < 1.29 is 67.4 Å². The highest BCUT2D eigenvalue weighted by atomic mass is 16.6. The van der Waals surface area contributed by atoms with Gasteiger partial charge in [-0.2, -0.15) is 0 Å². The Morgan fingerprint density at radius 3 is 1.28 bits per heavy atom. The average molecular weight is 963 g/mol. The van der Waals surface area contributed by atoms with Crippen molar-refractivity contribution in [2.45, 2.75) is 31.0 Å². The molecule has 0 amide bonds. The zero-order valence-corrected chi connectivity index (χ0v) is 39.7. The second-order valence-corrected chi connectivity index (χ2v) is 15.7. The Labute approximate surface area is 411 Å². The highest BCUT2D eigenvalue weighted by Crippen LogP contribution is 2.55. The minimum Gasteiger partial charge on any atom is -0.478 e. The van der Waals surface area contributed by atoms with Crippen molar-refractivity contribution in [2.75, 3.05) is 41.2 Å². The first-order valence-corrected chi connectivity index (χ1v) is 22.2. The van der Waals surface area contributed by atoms with Gasteiger partial charge in [0.05, 0.1) is 34.3 Å². The van der Waals surface area contributed by atoms with Gasteiger partial charge in [0.1, 0.15) is 19.3 Å². The summed E-state index contributed by atoms with van der Waals surface area (Å²) in [6, 6.07) is 46.9. The number of aromatic carboxylic acids is 2. The summed E-state index contributed by atoms with van der Waals surface area (Å²) >= 11 is 0. The first kappa shape index (κ1) is 53.5. The number of benzene rings is 6. The molecule has 2 unspecified atom stereocenters. The largest absolute Gasteiger partial charge is 0.478 e. The number of hydrogen-bond acceptors (Lipinski definition) is 12. The number of fused-ring (bicyclic) bond motifs is 3. The van der Waals surface area contributed by atoms with Crippen LogP contribution >= 0.6 is 0 Å². The van der Waals surface area contributed by atoms with Crippen molar-refractivity contribution in [1.82, 2.24) is 0 Å². The Morgan fingerprint density at radius 2 is 0.901 bits per heavy atom. The SMILES string of the molecule is C=CC(=O)OCC(CC)OC(=O)c1ccc(-c2ccc(C(=O)OC(COC)COC(=O)C=C)c(C(=O)O)c2)cc1C(=O)O.COC.c1ccc(C2(c3ccccc3)c3ccccc3-c3ccccc32)cc1. The predicted octanol–water partition coefficient (Wildman–Crippen LogP) is 9.63. The second kappa shape index (κ2) is 25.8. The van der Waals surface area contributed by atoms with E-state index in [1.165, 1.54) is 64.8 Å². The normalized spacial score (nSPS) is 12.3. The van der Waals surface area contributed by atoms with Gasteiger partial charge < -0.3 is 38.6 Å². The molecule has 2 atom stereocenters. The van der Waals surface area contributed by atoms with Crippen LogP contribution in [0.2, 0.25) is 0 Å². The van der Waals surface area contributed by atoms with Crippen LogP contribution < -0.4 is 0 Å². The topological polar surface area (TPSA) is 198 Å². The summed E-state index contributed by atoms with van der Waals surface area (Å²) in [7, 11) is 4.58. The molecule has 0 bridgehead atoms. The number of esters is 4. The molecule has 1 aliphatic carbocycles. The third kappa shape index (κ3) is 12.8. The van der Waals surface area contributed by atoms with E-state index in [1.54, 1.807) is 21.1 Å². The molecule has 0 heterocycles. The zero-order valence-electron chi connectivity index (χ0n) is 39.7. The van der Waals surface area contributed by atoms with Gasteiger partial charge in [0, 0.05) is 33.5 Å². The van der Waals surface area contributed by atoms with Gasteiger partial charge in [0.15, 0.2) is 6.10 Å². The number of carbonyl (C=O) groups is 6. The van der Waals surface area contributed by atoms with E-state index in [-0.39, 0.29) is 53.9 Å². The van der Waals surface area contributed by atoms with Crippen molar-refractivity contribution in [3.8, 4) is 22.3 Å². The van der Waals surface area contributed by atoms with E-state index >= 15 is 0 Å². The molecule has 0 aromatic heterocycles. The van der Waals surface area contributed by atoms with Crippen molar-refractivity contribution >= 4 is 35.8 Å². The standard InChI is InChI=1S/C30H30O13.C25H18.C2H6O/c1-5-19(15-40-25(31)6-2)42-29(37)21-10-8-17(12-23(21)27(33)34)18-9-11-22(24(13-18)28(35)36)30(38)43-20(14-39-4)16-41-26(32)7-3;1-3-11-19(12-4-1)25(20-13-5-2-6-14-20)23-17-9-7-15-21(23)22-16-8-10-18-24(22)25;1-3-2/h6-13,19-20H,2-3,5,14-16H2,1,4H3,(H,33,34)(H,35,36);1-18H;1-2H3. The third-order valence-electron chi connectivity index (χ3n) is 11.2. The maximum absolute atomic E-state index is 12.8. The number of carbonyl (C=O) groups excluding carboxylic acids is 4. The van der Waals surface area contributed by atoms with Gasteiger partial charge >= 0.3 is 35.8 Å². The highest BCUT2D eigenvalue weighted by molar-refractivity contribution is 6.05. The summed E-state index contributed by atoms with van der Waals surface area (Å²) < 4.78 is 29.6. The number of ether oxygens (including phenoxy) is 6. The Balaban J connectivity index is 0.000000279. The third-order valence-corrected chi connectivity index (χ3v) is 11.2. The molecule has 0 saturated heterocycles. The molecule has 14 nitrogen and oxygen atoms in total. The van der Waals surface area contributed by atoms with E-state index in [4.69, 9.17) is 23.7 Å². The highest BCUT2D eigenvalue weighted by Gasteiger charge is 2.45. The number of carboxylic acids is 2. The van der Waals surface area contributed by atoms with Gasteiger partial charge in [-0.3, -0.25) is 0 Å². The Hall–Kier alpha value is -8.46. The second-order valence-electron chi connectivity index (χ2n) is 15.7. The van der Waals surface area contributed by atoms with Crippen LogP contribution in [0.4, 0.5) is 0 Å². The lowest BCUT2D eigenvalue weighted by Gasteiger charge is -2.33. The number of rotatable bonds is 18. The van der Waals surface area contributed by atoms with E-state index in [0.29, 0.717) is 0 Å². The molecule has 7 rings (SSSR count). The zero-order chi connectivity index (χ0) is 51.5. The molecule has 0 aliphatic heterocycles. The first-order valence-electron chi connectivity index (χ1n) is 22.2. The summed E-state index contributed by atoms with van der Waals surface area (Å²) in [4.78, 5) is 72.3. The maximum Gasteiger partial charge on any atom is 0.339 e. The summed E-state index contributed by atoms with van der Waals surface area (Å²) in [6.45, 7) is 7.44. The molecule has 0 spiro atoms. The molecular weight excluding hydrogens is 909 g/mol. The minimum absolute atomic E-state index is 0.150. The quantitative estimate of drug-likeness (QED) is 0.0468. The van der Waals surface area contributed by atoms with E-state index in [9.17, 15) is 39.0 Å². The molecule has 2 N–H and O–H groups in total. The van der Waals surface area contributed by atoms with Crippen LogP contribution in [0, 0.1) is 0 Å². The summed E-state index contributed by atoms with van der Waals surface area (Å²) in [5.41, 5.74) is 6.73. The van der Waals surface area contributed by atoms with Crippen LogP contribution in [0.25, 0.3) is 22.3 Å². The Kier molecular flexibility index (Phi) is 19.4. The van der Waals surface area contributed by atoms with Gasteiger partial charge in [-0.05, 0) is 75.2 Å². The molecule has 6 aromatic carbocycles. The molecule has 0 saturated carbocycles. The van der Waals surface area contributed by atoms with Gasteiger partial charge in [-0.15, -0.1) is 0 Å². The van der Waals surface area contributed by atoms with Gasteiger partial charge in [-0.1, -0.05) is 141 Å². The van der Waals surface area contributed by atoms with Crippen LogP contribution in [-0.4, -0.2) is 99.4 Å². The van der Waals surface area contributed by atoms with Crippen molar-refractivity contribution in [3.05, 3.63) is 215 Å². The minimum atomic E-state index is -1.48. The van der Waals surface area contributed by atoms with Crippen molar-refractivity contribution in [2.24, 2.45) is 0 Å².